The predicted molar refractivity (Wildman–Crippen MR) is 113 cm³/mol. The van der Waals surface area contributed by atoms with Crippen LogP contribution in [0.3, 0.4) is 0 Å². The molecule has 2 unspecified atom stereocenters. The lowest BCUT2D eigenvalue weighted by Crippen LogP contribution is -2.53. The van der Waals surface area contributed by atoms with Crippen LogP contribution in [0, 0.1) is 5.92 Å². The number of nitrogens with zero attached hydrogens (tertiary/aromatic N) is 3. The summed E-state index contributed by atoms with van der Waals surface area (Å²) in [6.45, 7) is 7.25. The minimum Gasteiger partial charge on any atom is -0.444 e. The topological polar surface area (TPSA) is 76.8 Å². The molecule has 2 aliphatic heterocycles. The van der Waals surface area contributed by atoms with Crippen molar-refractivity contribution in [1.82, 2.24) is 14.7 Å². The van der Waals surface area contributed by atoms with E-state index in [1.807, 2.05) is 43.8 Å². The molecule has 1 amide bonds. The summed E-state index contributed by atoms with van der Waals surface area (Å²) < 4.78 is 14.1. The molecule has 1 N–H and O–H groups in total. The van der Waals surface area contributed by atoms with Gasteiger partial charge in [-0.15, -0.1) is 0 Å². The first-order valence-corrected chi connectivity index (χ1v) is 11.0. The summed E-state index contributed by atoms with van der Waals surface area (Å²) in [5.74, 6) is -0.0331. The molecule has 1 aromatic carbocycles. The van der Waals surface area contributed by atoms with Gasteiger partial charge in [0.05, 0.1) is 17.8 Å². The molecule has 4 rings (SSSR count). The molecule has 0 aliphatic carbocycles. The summed E-state index contributed by atoms with van der Waals surface area (Å²) in [7, 11) is 0. The van der Waals surface area contributed by atoms with E-state index >= 15 is 0 Å². The zero-order chi connectivity index (χ0) is 20.8. The number of benzene rings is 1. The lowest BCUT2D eigenvalue weighted by atomic mass is 9.88. The molecule has 7 nitrogen and oxygen atoms in total. The number of likely N-dealkylation sites (tertiary alicyclic amines) is 1. The van der Waals surface area contributed by atoms with Gasteiger partial charge < -0.3 is 19.5 Å². The molecule has 29 heavy (non-hydrogen) atoms. The summed E-state index contributed by atoms with van der Waals surface area (Å²) in [5.41, 5.74) is 1.25. The summed E-state index contributed by atoms with van der Waals surface area (Å²) in [5, 5.41) is 16.5. The molecule has 0 bridgehead atoms. The number of hydrogen-bond donors (Lipinski definition) is 1. The molecule has 2 fully saturated rings. The summed E-state index contributed by atoms with van der Waals surface area (Å²) >= 11 is 3.57. The fraction of sp³-hybridized carbons (Fsp3) is 0.619. The Kier molecular flexibility index (Phi) is 5.61. The standard InChI is InChI=1S/C21H28BrN3O4/c1-21(2,3)29-20(27)24-11-13(12-24)19(26)15-8-14(22)9-17-16(15)10-23-25(17)18-6-4-5-7-28-18/h8-10,13,18-19,26H,4-7,11-12H2,1-3H3. The SMILES string of the molecule is CC(C)(C)OC(=O)N1CC(C(O)c2cc(Br)cc3c2cnn3C2CCCCO2)C1. The second-order valence-electron chi connectivity index (χ2n) is 8.93. The number of carbonyl (C=O) groups excluding carboxylic acids is 1. The van der Waals surface area contributed by atoms with Gasteiger partial charge in [-0.1, -0.05) is 15.9 Å². The number of fused-ring (bicyclic) bond motifs is 1. The fourth-order valence-corrected chi connectivity index (χ4v) is 4.43. The number of carbonyl (C=O) groups is 1. The molecule has 0 spiro atoms. The van der Waals surface area contributed by atoms with Crippen LogP contribution in [-0.4, -0.2) is 51.2 Å². The summed E-state index contributed by atoms with van der Waals surface area (Å²) in [6.07, 6.45) is 3.88. The zero-order valence-corrected chi connectivity index (χ0v) is 18.7. The van der Waals surface area contributed by atoms with Crippen LogP contribution in [0.2, 0.25) is 0 Å². The van der Waals surface area contributed by atoms with Gasteiger partial charge in [-0.25, -0.2) is 9.48 Å². The Hall–Kier alpha value is -1.64. The Bertz CT molecular complexity index is 895. The van der Waals surface area contributed by atoms with Crippen LogP contribution in [0.15, 0.2) is 22.8 Å². The maximum absolute atomic E-state index is 12.2. The second-order valence-corrected chi connectivity index (χ2v) is 9.84. The first-order chi connectivity index (χ1) is 13.7. The third-order valence-corrected chi connectivity index (χ3v) is 5.93. The van der Waals surface area contributed by atoms with Gasteiger partial charge in [-0.05, 0) is 57.7 Å². The van der Waals surface area contributed by atoms with Crippen molar-refractivity contribution in [3.63, 3.8) is 0 Å². The molecule has 3 heterocycles. The minimum atomic E-state index is -0.682. The number of aliphatic hydroxyl groups is 1. The van der Waals surface area contributed by atoms with Crippen LogP contribution in [0.5, 0.6) is 0 Å². The first kappa shape index (κ1) is 20.6. The van der Waals surface area contributed by atoms with E-state index in [9.17, 15) is 9.90 Å². The maximum atomic E-state index is 12.2. The number of aromatic nitrogens is 2. The average molecular weight is 466 g/mol. The van der Waals surface area contributed by atoms with Crippen molar-refractivity contribution in [2.75, 3.05) is 19.7 Å². The highest BCUT2D eigenvalue weighted by atomic mass is 79.9. The number of halogens is 1. The molecule has 0 saturated carbocycles. The van der Waals surface area contributed by atoms with Gasteiger partial charge in [-0.2, -0.15) is 5.10 Å². The number of ether oxygens (including phenoxy) is 2. The summed E-state index contributed by atoms with van der Waals surface area (Å²) in [4.78, 5) is 13.8. The normalized spacial score (nSPS) is 21.8. The zero-order valence-electron chi connectivity index (χ0n) is 17.1. The van der Waals surface area contributed by atoms with Crippen LogP contribution in [0.4, 0.5) is 4.79 Å². The molecule has 2 aliphatic rings. The van der Waals surface area contributed by atoms with Crippen molar-refractivity contribution < 1.29 is 19.4 Å². The largest absolute Gasteiger partial charge is 0.444 e. The first-order valence-electron chi connectivity index (χ1n) is 10.2. The van der Waals surface area contributed by atoms with Crippen molar-refractivity contribution in [3.8, 4) is 0 Å². The maximum Gasteiger partial charge on any atom is 0.410 e. The van der Waals surface area contributed by atoms with Crippen LogP contribution in [-0.2, 0) is 9.47 Å². The van der Waals surface area contributed by atoms with Crippen LogP contribution in [0.25, 0.3) is 10.9 Å². The highest BCUT2D eigenvalue weighted by Crippen LogP contribution is 2.37. The van der Waals surface area contributed by atoms with E-state index in [4.69, 9.17) is 9.47 Å². The van der Waals surface area contributed by atoms with E-state index in [2.05, 4.69) is 21.0 Å². The van der Waals surface area contributed by atoms with Crippen molar-refractivity contribution in [2.45, 2.75) is 58.0 Å². The number of rotatable bonds is 3. The van der Waals surface area contributed by atoms with Crippen LogP contribution >= 0.6 is 15.9 Å². The van der Waals surface area contributed by atoms with Crippen LogP contribution in [0.1, 0.15) is 57.9 Å². The van der Waals surface area contributed by atoms with Crippen molar-refractivity contribution >= 4 is 32.9 Å². The summed E-state index contributed by atoms with van der Waals surface area (Å²) in [6, 6.07) is 3.96. The molecule has 158 valence electrons. The van der Waals surface area contributed by atoms with Gasteiger partial charge in [0.25, 0.3) is 0 Å². The molecular formula is C21H28BrN3O4. The Morgan fingerprint density at radius 1 is 1.34 bits per heavy atom. The third-order valence-electron chi connectivity index (χ3n) is 5.47. The Morgan fingerprint density at radius 3 is 2.76 bits per heavy atom. The fourth-order valence-electron chi connectivity index (χ4n) is 3.97. The smallest absolute Gasteiger partial charge is 0.410 e. The predicted octanol–water partition coefficient (Wildman–Crippen LogP) is 4.40. The monoisotopic (exact) mass is 465 g/mol. The molecule has 8 heteroatoms. The van der Waals surface area contributed by atoms with Gasteiger partial charge in [0, 0.05) is 35.5 Å². The van der Waals surface area contributed by atoms with E-state index in [-0.39, 0.29) is 18.2 Å². The highest BCUT2D eigenvalue weighted by Gasteiger charge is 2.39. The molecule has 1 aromatic heterocycles. The lowest BCUT2D eigenvalue weighted by molar-refractivity contribution is -0.0367. The van der Waals surface area contributed by atoms with E-state index < -0.39 is 11.7 Å². The Balaban J connectivity index is 1.52. The molecule has 2 atom stereocenters. The molecule has 2 aromatic rings. The van der Waals surface area contributed by atoms with E-state index in [0.717, 1.165) is 46.8 Å². The van der Waals surface area contributed by atoms with Crippen molar-refractivity contribution in [3.05, 3.63) is 28.4 Å². The van der Waals surface area contributed by atoms with Crippen LogP contribution < -0.4 is 0 Å². The van der Waals surface area contributed by atoms with E-state index in [0.29, 0.717) is 13.1 Å². The van der Waals surface area contributed by atoms with Gasteiger partial charge in [-0.3, -0.25) is 0 Å². The highest BCUT2D eigenvalue weighted by molar-refractivity contribution is 9.10. The van der Waals surface area contributed by atoms with Gasteiger partial charge in [0.2, 0.25) is 0 Å². The number of amides is 1. The van der Waals surface area contributed by atoms with Gasteiger partial charge >= 0.3 is 6.09 Å². The van der Waals surface area contributed by atoms with Crippen molar-refractivity contribution in [1.29, 1.82) is 0 Å². The minimum absolute atomic E-state index is 0.0331. The average Bonchev–Trinajstić information content (AvgIpc) is 3.02. The third kappa shape index (κ3) is 4.29. The molecule has 2 saturated heterocycles. The second kappa shape index (κ2) is 7.89. The molecule has 0 radical (unpaired) electrons. The Morgan fingerprint density at radius 2 is 2.10 bits per heavy atom. The Labute approximate surface area is 179 Å². The number of hydrogen-bond acceptors (Lipinski definition) is 5. The van der Waals surface area contributed by atoms with E-state index in [1.165, 1.54) is 0 Å². The van der Waals surface area contributed by atoms with E-state index in [1.54, 1.807) is 4.90 Å². The van der Waals surface area contributed by atoms with Gasteiger partial charge in [0.15, 0.2) is 6.23 Å². The van der Waals surface area contributed by atoms with Gasteiger partial charge in [0.1, 0.15) is 5.60 Å². The number of aliphatic hydroxyl groups excluding tert-OH is 1. The van der Waals surface area contributed by atoms with Crippen molar-refractivity contribution in [2.24, 2.45) is 5.92 Å². The lowest BCUT2D eigenvalue weighted by Gasteiger charge is -2.42. The quantitative estimate of drug-likeness (QED) is 0.726. The molecular weight excluding hydrogens is 438 g/mol.